The lowest BCUT2D eigenvalue weighted by Crippen LogP contribution is -2.47. The maximum Gasteiger partial charge on any atom is 0.230 e. The Hall–Kier alpha value is -3.53. The van der Waals surface area contributed by atoms with Crippen LogP contribution in [0.25, 0.3) is 16.5 Å². The van der Waals surface area contributed by atoms with Crippen molar-refractivity contribution in [2.24, 2.45) is 0 Å². The molecule has 0 spiro atoms. The molecule has 35 heavy (non-hydrogen) atoms. The van der Waals surface area contributed by atoms with Crippen molar-refractivity contribution >= 4 is 16.3 Å². The third-order valence-electron chi connectivity index (χ3n) is 6.41. The fourth-order valence-electron chi connectivity index (χ4n) is 4.66. The molecule has 1 atom stereocenters. The highest BCUT2D eigenvalue weighted by molar-refractivity contribution is 7.17. The normalized spacial score (nSPS) is 16.1. The lowest BCUT2D eigenvalue weighted by molar-refractivity contribution is 0.103. The predicted octanol–water partition coefficient (Wildman–Crippen LogP) is 4.80. The first-order chi connectivity index (χ1) is 17.2. The van der Waals surface area contributed by atoms with Crippen LogP contribution in [0.3, 0.4) is 0 Å². The second-order valence-corrected chi connectivity index (χ2v) is 9.63. The van der Waals surface area contributed by atoms with Gasteiger partial charge in [-0.2, -0.15) is 9.50 Å². The minimum atomic E-state index is -0.435. The van der Waals surface area contributed by atoms with Gasteiger partial charge in [-0.1, -0.05) is 59.9 Å². The van der Waals surface area contributed by atoms with E-state index in [2.05, 4.69) is 44.1 Å². The lowest BCUT2D eigenvalue weighted by Gasteiger charge is -2.39. The van der Waals surface area contributed by atoms with E-state index < -0.39 is 6.04 Å². The van der Waals surface area contributed by atoms with Crippen molar-refractivity contribution in [3.05, 3.63) is 94.8 Å². The molecule has 2 aromatic carbocycles. The average Bonchev–Trinajstić information content (AvgIpc) is 3.61. The third-order valence-corrected chi connectivity index (χ3v) is 7.48. The summed E-state index contributed by atoms with van der Waals surface area (Å²) in [5.41, 5.74) is 1.82. The molecule has 0 radical (unpaired) electrons. The molecule has 0 bridgehead atoms. The number of halogens is 1. The SMILES string of the molecule is Oc1c([C@H](c2ccccc2F)N2CCN(Cc3ccccc3)CC2)sc2nc(-c3ccco3)nn12. The van der Waals surface area contributed by atoms with Crippen LogP contribution in [-0.2, 0) is 6.54 Å². The van der Waals surface area contributed by atoms with Crippen LogP contribution >= 0.6 is 11.3 Å². The van der Waals surface area contributed by atoms with Crippen LogP contribution in [0.1, 0.15) is 22.0 Å². The number of fused-ring (bicyclic) bond motifs is 1. The summed E-state index contributed by atoms with van der Waals surface area (Å²) in [6, 6.07) is 20.3. The number of benzene rings is 2. The zero-order valence-electron chi connectivity index (χ0n) is 18.9. The average molecular weight is 490 g/mol. The summed E-state index contributed by atoms with van der Waals surface area (Å²) in [5.74, 6) is 0.622. The van der Waals surface area contributed by atoms with E-state index in [1.807, 2.05) is 12.1 Å². The molecule has 1 fully saturated rings. The van der Waals surface area contributed by atoms with Crippen molar-refractivity contribution in [1.29, 1.82) is 0 Å². The van der Waals surface area contributed by atoms with E-state index in [1.54, 1.807) is 30.5 Å². The molecule has 1 saturated heterocycles. The fraction of sp³-hybridized carbons (Fsp3) is 0.231. The molecule has 9 heteroatoms. The number of piperazine rings is 1. The number of furan rings is 1. The van der Waals surface area contributed by atoms with E-state index in [4.69, 9.17) is 4.42 Å². The first-order valence-electron chi connectivity index (χ1n) is 11.5. The first kappa shape index (κ1) is 22.0. The summed E-state index contributed by atoms with van der Waals surface area (Å²) >= 11 is 1.33. The van der Waals surface area contributed by atoms with Gasteiger partial charge in [-0.25, -0.2) is 4.39 Å². The Morgan fingerprint density at radius 3 is 2.46 bits per heavy atom. The molecule has 3 aromatic heterocycles. The van der Waals surface area contributed by atoms with Crippen molar-refractivity contribution < 1.29 is 13.9 Å². The van der Waals surface area contributed by atoms with E-state index in [9.17, 15) is 5.11 Å². The summed E-state index contributed by atoms with van der Waals surface area (Å²) in [6.45, 7) is 4.08. The number of rotatable bonds is 6. The molecule has 1 aliphatic heterocycles. The maximum atomic E-state index is 15.0. The van der Waals surface area contributed by atoms with Crippen LogP contribution in [0.15, 0.2) is 77.4 Å². The highest BCUT2D eigenvalue weighted by Gasteiger charge is 2.33. The molecular weight excluding hydrogens is 465 g/mol. The Labute approximate surface area is 205 Å². The second kappa shape index (κ2) is 9.26. The molecule has 178 valence electrons. The van der Waals surface area contributed by atoms with Crippen LogP contribution in [0, 0.1) is 5.82 Å². The Morgan fingerprint density at radius 1 is 0.971 bits per heavy atom. The van der Waals surface area contributed by atoms with Gasteiger partial charge in [-0.15, -0.1) is 5.10 Å². The van der Waals surface area contributed by atoms with Gasteiger partial charge < -0.3 is 9.52 Å². The van der Waals surface area contributed by atoms with Crippen molar-refractivity contribution in [3.63, 3.8) is 0 Å². The molecule has 0 aliphatic carbocycles. The molecule has 7 nitrogen and oxygen atoms in total. The second-order valence-electron chi connectivity index (χ2n) is 8.62. The summed E-state index contributed by atoms with van der Waals surface area (Å²) < 4.78 is 21.8. The zero-order valence-corrected chi connectivity index (χ0v) is 19.7. The number of hydrogen-bond acceptors (Lipinski definition) is 7. The van der Waals surface area contributed by atoms with Gasteiger partial charge in [-0.3, -0.25) is 9.80 Å². The van der Waals surface area contributed by atoms with Gasteiger partial charge in [0.05, 0.1) is 17.2 Å². The zero-order chi connectivity index (χ0) is 23.8. The molecule has 0 saturated carbocycles. The van der Waals surface area contributed by atoms with Crippen LogP contribution < -0.4 is 0 Å². The predicted molar refractivity (Wildman–Crippen MR) is 132 cm³/mol. The smallest absolute Gasteiger partial charge is 0.230 e. The topological polar surface area (TPSA) is 70.0 Å². The third kappa shape index (κ3) is 4.22. The van der Waals surface area contributed by atoms with Gasteiger partial charge >= 0.3 is 0 Å². The maximum absolute atomic E-state index is 15.0. The monoisotopic (exact) mass is 489 g/mol. The van der Waals surface area contributed by atoms with E-state index in [-0.39, 0.29) is 11.7 Å². The van der Waals surface area contributed by atoms with Gasteiger partial charge in [0.25, 0.3) is 0 Å². The number of nitrogens with zero attached hydrogens (tertiary/aromatic N) is 5. The fourth-order valence-corrected chi connectivity index (χ4v) is 5.77. The Bertz CT molecular complexity index is 1430. The van der Waals surface area contributed by atoms with Crippen LogP contribution in [0.5, 0.6) is 5.88 Å². The van der Waals surface area contributed by atoms with Gasteiger partial charge in [0.1, 0.15) is 5.82 Å². The van der Waals surface area contributed by atoms with Crippen molar-refractivity contribution in [2.75, 3.05) is 26.2 Å². The van der Waals surface area contributed by atoms with Gasteiger partial charge in [0.15, 0.2) is 5.76 Å². The van der Waals surface area contributed by atoms with Gasteiger partial charge in [-0.05, 0) is 23.8 Å². The minimum absolute atomic E-state index is 0.0183. The first-order valence-corrected chi connectivity index (χ1v) is 12.4. The quantitative estimate of drug-likeness (QED) is 0.369. The van der Waals surface area contributed by atoms with Crippen molar-refractivity contribution in [3.8, 4) is 17.5 Å². The minimum Gasteiger partial charge on any atom is -0.492 e. The Kier molecular flexibility index (Phi) is 5.81. The van der Waals surface area contributed by atoms with E-state index >= 15 is 4.39 Å². The number of aromatic nitrogens is 3. The molecular formula is C26H24FN5O2S. The van der Waals surface area contributed by atoms with Gasteiger partial charge in [0.2, 0.25) is 16.7 Å². The highest BCUT2D eigenvalue weighted by Crippen LogP contribution is 2.41. The number of aromatic hydroxyl groups is 1. The van der Waals surface area contributed by atoms with Crippen molar-refractivity contribution in [2.45, 2.75) is 12.6 Å². The van der Waals surface area contributed by atoms with E-state index in [1.165, 1.54) is 27.5 Å². The van der Waals surface area contributed by atoms with Crippen LogP contribution in [0.2, 0.25) is 0 Å². The molecule has 0 amide bonds. The standard InChI is InChI=1S/C26H24FN5O2S/c27-20-10-5-4-9-19(20)22(31-14-12-30(13-15-31)17-18-7-2-1-3-8-18)23-25(33)32-26(35-23)28-24(29-32)21-11-6-16-34-21/h1-11,16,22,33H,12-15,17H2/t22-/m0/s1. The molecule has 1 aliphatic rings. The highest BCUT2D eigenvalue weighted by atomic mass is 32.1. The Morgan fingerprint density at radius 2 is 1.74 bits per heavy atom. The van der Waals surface area contributed by atoms with E-state index in [0.717, 1.165) is 32.7 Å². The summed E-state index contributed by atoms with van der Waals surface area (Å²) in [4.78, 5) is 10.3. The van der Waals surface area contributed by atoms with E-state index in [0.29, 0.717) is 27.0 Å². The summed E-state index contributed by atoms with van der Waals surface area (Å²) in [5, 5.41) is 15.6. The summed E-state index contributed by atoms with van der Waals surface area (Å²) in [7, 11) is 0. The summed E-state index contributed by atoms with van der Waals surface area (Å²) in [6.07, 6.45) is 1.56. The molecule has 1 N–H and O–H groups in total. The molecule has 0 unspecified atom stereocenters. The molecule has 5 aromatic rings. The van der Waals surface area contributed by atoms with Gasteiger partial charge in [0, 0.05) is 38.3 Å². The molecule has 6 rings (SSSR count). The number of thiazole rings is 1. The largest absolute Gasteiger partial charge is 0.492 e. The lowest BCUT2D eigenvalue weighted by atomic mass is 10.0. The van der Waals surface area contributed by atoms with Crippen LogP contribution in [0.4, 0.5) is 4.39 Å². The molecule has 4 heterocycles. The van der Waals surface area contributed by atoms with Crippen molar-refractivity contribution in [1.82, 2.24) is 24.4 Å². The Balaban J connectivity index is 1.31. The number of hydrogen-bond donors (Lipinski definition) is 1. The van der Waals surface area contributed by atoms with Crippen LogP contribution in [-0.4, -0.2) is 55.7 Å².